The van der Waals surface area contributed by atoms with E-state index in [0.29, 0.717) is 27.1 Å². The molecule has 0 aromatic rings. The van der Waals surface area contributed by atoms with Gasteiger partial charge < -0.3 is 0 Å². The Morgan fingerprint density at radius 2 is 0.624 bits per heavy atom. The highest BCUT2D eigenvalue weighted by molar-refractivity contribution is 5.01. The van der Waals surface area contributed by atoms with Gasteiger partial charge in [-0.3, -0.25) is 0 Å². The molecule has 8 bridgehead atoms. The molecule has 0 heteroatoms. The minimum absolute atomic E-state index is 0.572. The Balaban J connectivity index is 0.000000126. The highest BCUT2D eigenvalue weighted by atomic mass is 14.6. The molecule has 0 radical (unpaired) electrons. The van der Waals surface area contributed by atoms with Crippen molar-refractivity contribution in [3.63, 3.8) is 0 Å². The zero-order valence-electron chi connectivity index (χ0n) is 67.1. The fourth-order valence-corrected chi connectivity index (χ4v) is 26.9. The summed E-state index contributed by atoms with van der Waals surface area (Å²) in [6, 6.07) is 0. The molecular formula is C93H170. The molecule has 542 valence electrons. The standard InChI is InChI=1S/C16H30.C14H26.C13H24.C11H18.C11H20.2C10H18.C8H16/c1-13-6-8-16(9-7-13)11-14(2,3)10-15(4,5)12-16;1-12-4-6-14(7-5-12)10-8-13(2,3)9-11-14;1-11-7-9-13(10-8-11)12-5-3-2-4-6-12;1-11-5-8-2-9(6-11)4-10(3-8)7-11;1-10-4-8-11(9-5-10)6-2-3-7-11;1-8-7-9-3-5-10(8,2)6-4-9;1-7-8(2)10-5-3-9(7)4-6-10;1-7-5-4-6-8(7,2)3/h13H,6-12H2,1-5H3;12H,4-11H2,1-3H3;11-13H,2-10H2,1H3;8-10H,2-7H2,1H3;10H,2-9H2,1H3;8-9H,3-7H2,1-2H3;7-10H,3-6H2,1-2H3;7H,4-6H2,1-3H3/t;;;;;8-,9?,10?;7-,8?,9?,10?;7-/m.....001/s1. The summed E-state index contributed by atoms with van der Waals surface area (Å²) in [5.41, 5.74) is 6.34. The van der Waals surface area contributed by atoms with Gasteiger partial charge in [-0.05, 0) is 355 Å². The highest BCUT2D eigenvalue weighted by Crippen LogP contribution is 2.62. The van der Waals surface area contributed by atoms with Crippen LogP contribution in [-0.4, -0.2) is 0 Å². The molecule has 19 aliphatic carbocycles. The van der Waals surface area contributed by atoms with Gasteiger partial charge in [-0.2, -0.15) is 0 Å². The molecule has 0 aromatic carbocycles. The Morgan fingerprint density at radius 3 is 0.968 bits per heavy atom. The molecule has 0 nitrogen and oxygen atoms in total. The first-order valence-electron chi connectivity index (χ1n) is 43.8. The maximum Gasteiger partial charge on any atom is -0.0287 e. The first-order chi connectivity index (χ1) is 43.8. The first kappa shape index (κ1) is 77.2. The normalized spacial score (nSPS) is 41.1. The van der Waals surface area contributed by atoms with Gasteiger partial charge in [0.1, 0.15) is 0 Å². The lowest BCUT2D eigenvalue weighted by atomic mass is 9.50. The summed E-state index contributed by atoms with van der Waals surface area (Å²) in [5, 5.41) is 0. The highest BCUT2D eigenvalue weighted by Gasteiger charge is 2.50. The van der Waals surface area contributed by atoms with Crippen LogP contribution in [0.4, 0.5) is 0 Å². The Morgan fingerprint density at radius 1 is 0.237 bits per heavy atom. The van der Waals surface area contributed by atoms with Crippen molar-refractivity contribution in [2.45, 2.75) is 446 Å². The second kappa shape index (κ2) is 33.0. The molecule has 3 spiro atoms. The maximum atomic E-state index is 2.54. The number of hydrogen-bond acceptors (Lipinski definition) is 0. The molecule has 19 saturated carbocycles. The average Bonchev–Trinajstić information content (AvgIpc) is 1.39. The smallest absolute Gasteiger partial charge is 0.0287 e. The van der Waals surface area contributed by atoms with E-state index in [1.165, 1.54) is 231 Å². The molecule has 93 heavy (non-hydrogen) atoms. The molecule has 0 amide bonds. The summed E-state index contributed by atoms with van der Waals surface area (Å²) in [6.45, 7) is 44.1. The molecule has 4 atom stereocenters. The van der Waals surface area contributed by atoms with E-state index in [9.17, 15) is 0 Å². The van der Waals surface area contributed by atoms with Crippen molar-refractivity contribution in [2.75, 3.05) is 0 Å². The molecule has 19 fully saturated rings. The van der Waals surface area contributed by atoms with E-state index in [0.717, 1.165) is 116 Å². The van der Waals surface area contributed by atoms with Crippen molar-refractivity contribution in [3.05, 3.63) is 0 Å². The SMILES string of the molecule is CC12CC3CC(CC(C3)C1)C2.CC1C2CCC(CC2)[C@H]1C.CC1CCC(C2CCCCC2)CC1.CC1CCC2(CC1)CC(C)(C)CC(C)(C)C2.CC1CCC2(CC1)CCC(C)(C)CC2.CC1CCC2(CCCC2)CC1.C[C@@H]1CCCC1(C)C.C[C@H]1CC2CCC1(C)CC2. The molecule has 0 N–H and O–H groups in total. The van der Waals surface area contributed by atoms with Gasteiger partial charge in [0.15, 0.2) is 0 Å². The summed E-state index contributed by atoms with van der Waals surface area (Å²) in [5.74, 6) is 17.1. The van der Waals surface area contributed by atoms with Crippen LogP contribution < -0.4 is 0 Å². The third kappa shape index (κ3) is 22.3. The number of rotatable bonds is 1. The molecular weight excluding hydrogens is 1120 g/mol. The minimum Gasteiger partial charge on any atom is -0.0625 e. The van der Waals surface area contributed by atoms with Crippen LogP contribution in [0.1, 0.15) is 446 Å². The summed E-state index contributed by atoms with van der Waals surface area (Å²) >= 11 is 0. The average molecular weight is 1290 g/mol. The van der Waals surface area contributed by atoms with Crippen LogP contribution in [-0.2, 0) is 0 Å². The largest absolute Gasteiger partial charge is 0.0625 e. The molecule has 0 heterocycles. The zero-order chi connectivity index (χ0) is 67.1. The molecule has 0 aliphatic heterocycles. The van der Waals surface area contributed by atoms with Crippen LogP contribution in [0.2, 0.25) is 0 Å². The van der Waals surface area contributed by atoms with Gasteiger partial charge in [0, 0.05) is 0 Å². The molecule has 19 aliphatic rings. The maximum absolute atomic E-state index is 2.54. The Bertz CT molecular complexity index is 2030. The summed E-state index contributed by atoms with van der Waals surface area (Å²) < 4.78 is 0. The predicted octanol–water partition coefficient (Wildman–Crippen LogP) is 30.7. The molecule has 19 rings (SSSR count). The van der Waals surface area contributed by atoms with Crippen LogP contribution in [0.15, 0.2) is 0 Å². The first-order valence-corrected chi connectivity index (χ1v) is 43.8. The van der Waals surface area contributed by atoms with Crippen LogP contribution in [0.5, 0.6) is 0 Å². The van der Waals surface area contributed by atoms with E-state index < -0.39 is 0 Å². The Hall–Kier alpha value is 0. The van der Waals surface area contributed by atoms with Gasteiger partial charge in [0.05, 0.1) is 0 Å². The van der Waals surface area contributed by atoms with Crippen molar-refractivity contribution < 1.29 is 0 Å². The van der Waals surface area contributed by atoms with Crippen molar-refractivity contribution in [2.24, 2.45) is 143 Å². The summed E-state index contributed by atoms with van der Waals surface area (Å²) in [4.78, 5) is 0. The fraction of sp³-hybridized carbons (Fsp3) is 1.00. The van der Waals surface area contributed by atoms with E-state index in [-0.39, 0.29) is 0 Å². The van der Waals surface area contributed by atoms with E-state index in [4.69, 9.17) is 0 Å². The Kier molecular flexibility index (Phi) is 27.4. The van der Waals surface area contributed by atoms with Gasteiger partial charge >= 0.3 is 0 Å². The fourth-order valence-electron chi connectivity index (χ4n) is 26.9. The summed E-state index contributed by atoms with van der Waals surface area (Å²) in [6.07, 6.45) is 76.0. The van der Waals surface area contributed by atoms with Gasteiger partial charge in [-0.1, -0.05) is 234 Å². The summed E-state index contributed by atoms with van der Waals surface area (Å²) in [7, 11) is 0. The van der Waals surface area contributed by atoms with E-state index >= 15 is 0 Å². The Labute approximate surface area is 585 Å². The topological polar surface area (TPSA) is 0 Å². The monoisotopic (exact) mass is 1290 g/mol. The van der Waals surface area contributed by atoms with E-state index in [1.807, 2.05) is 0 Å². The number of fused-ring (bicyclic) bond motifs is 6. The third-order valence-electron chi connectivity index (χ3n) is 33.8. The second-order valence-electron chi connectivity index (χ2n) is 44.3. The zero-order valence-corrected chi connectivity index (χ0v) is 67.1. The van der Waals surface area contributed by atoms with Gasteiger partial charge in [-0.25, -0.2) is 0 Å². The van der Waals surface area contributed by atoms with Gasteiger partial charge in [0.25, 0.3) is 0 Å². The lowest BCUT2D eigenvalue weighted by Crippen LogP contribution is -2.44. The van der Waals surface area contributed by atoms with Gasteiger partial charge in [0.2, 0.25) is 0 Å². The predicted molar refractivity (Wildman–Crippen MR) is 411 cm³/mol. The minimum atomic E-state index is 0.572. The van der Waals surface area contributed by atoms with Crippen LogP contribution in [0.3, 0.4) is 0 Å². The van der Waals surface area contributed by atoms with Crippen molar-refractivity contribution in [1.82, 2.24) is 0 Å². The molecule has 1 unspecified atom stereocenters. The third-order valence-corrected chi connectivity index (χ3v) is 33.8. The van der Waals surface area contributed by atoms with Crippen molar-refractivity contribution in [3.8, 4) is 0 Å². The molecule has 0 aromatic heterocycles. The number of hydrogen-bond donors (Lipinski definition) is 0. The lowest BCUT2D eigenvalue weighted by Gasteiger charge is -2.55. The quantitative estimate of drug-likeness (QED) is 0.245. The van der Waals surface area contributed by atoms with E-state index in [2.05, 4.69) is 125 Å². The van der Waals surface area contributed by atoms with Crippen LogP contribution in [0.25, 0.3) is 0 Å². The van der Waals surface area contributed by atoms with Crippen LogP contribution >= 0.6 is 0 Å². The van der Waals surface area contributed by atoms with E-state index in [1.54, 1.807) is 89.9 Å². The van der Waals surface area contributed by atoms with Gasteiger partial charge in [-0.15, -0.1) is 0 Å². The lowest BCUT2D eigenvalue weighted by molar-refractivity contribution is -0.0411. The second-order valence-corrected chi connectivity index (χ2v) is 44.3. The molecule has 0 saturated heterocycles. The van der Waals surface area contributed by atoms with Crippen LogP contribution in [0, 0.1) is 143 Å². The van der Waals surface area contributed by atoms with Crippen molar-refractivity contribution >= 4 is 0 Å². The van der Waals surface area contributed by atoms with Crippen molar-refractivity contribution in [1.29, 1.82) is 0 Å².